The molecule has 1 N–H and O–H groups in total. The van der Waals surface area contributed by atoms with Gasteiger partial charge in [-0.3, -0.25) is 4.21 Å². The van der Waals surface area contributed by atoms with Gasteiger partial charge in [0.15, 0.2) is 0 Å². The SMILES string of the molecule is O=S1C2CCC1CC(O)(c1cc(F)ccc1F)C2. The van der Waals surface area contributed by atoms with Crippen molar-refractivity contribution in [2.75, 3.05) is 0 Å². The van der Waals surface area contributed by atoms with E-state index >= 15 is 0 Å². The van der Waals surface area contributed by atoms with Gasteiger partial charge in [0.2, 0.25) is 0 Å². The second kappa shape index (κ2) is 4.10. The lowest BCUT2D eigenvalue weighted by Crippen LogP contribution is -2.40. The van der Waals surface area contributed by atoms with Crippen LogP contribution in [0.15, 0.2) is 18.2 Å². The highest BCUT2D eigenvalue weighted by molar-refractivity contribution is 7.86. The molecular weight excluding hydrogens is 258 g/mol. The molecule has 0 aromatic heterocycles. The highest BCUT2D eigenvalue weighted by Crippen LogP contribution is 2.46. The first-order chi connectivity index (χ1) is 8.49. The molecule has 2 nitrogen and oxygen atoms in total. The summed E-state index contributed by atoms with van der Waals surface area (Å²) in [5.74, 6) is -1.15. The fourth-order valence-corrected chi connectivity index (χ4v) is 5.32. The van der Waals surface area contributed by atoms with Crippen LogP contribution in [-0.2, 0) is 16.4 Å². The fourth-order valence-electron chi connectivity index (χ4n) is 3.16. The van der Waals surface area contributed by atoms with Gasteiger partial charge in [-0.05, 0) is 43.9 Å². The van der Waals surface area contributed by atoms with Crippen molar-refractivity contribution < 1.29 is 18.1 Å². The van der Waals surface area contributed by atoms with E-state index in [9.17, 15) is 18.1 Å². The number of aliphatic hydroxyl groups is 1. The van der Waals surface area contributed by atoms with E-state index in [1.54, 1.807) is 0 Å². The molecule has 2 unspecified atom stereocenters. The molecule has 2 atom stereocenters. The van der Waals surface area contributed by atoms with Crippen molar-refractivity contribution in [2.24, 2.45) is 0 Å². The molecule has 0 spiro atoms. The van der Waals surface area contributed by atoms with Crippen LogP contribution in [0.3, 0.4) is 0 Å². The van der Waals surface area contributed by atoms with Gasteiger partial charge in [0.25, 0.3) is 0 Å². The van der Waals surface area contributed by atoms with Gasteiger partial charge in [0.1, 0.15) is 11.6 Å². The molecule has 2 aliphatic heterocycles. The van der Waals surface area contributed by atoms with Crippen LogP contribution in [-0.4, -0.2) is 19.8 Å². The number of fused-ring (bicyclic) bond motifs is 2. The molecule has 1 aromatic rings. The molecule has 3 rings (SSSR count). The van der Waals surface area contributed by atoms with Gasteiger partial charge >= 0.3 is 0 Å². The molecule has 98 valence electrons. The molecule has 5 heteroatoms. The molecule has 2 fully saturated rings. The minimum atomic E-state index is -1.37. The number of benzene rings is 1. The Morgan fingerprint density at radius 3 is 2.44 bits per heavy atom. The number of rotatable bonds is 1. The summed E-state index contributed by atoms with van der Waals surface area (Å²) < 4.78 is 38.9. The fraction of sp³-hybridized carbons (Fsp3) is 0.538. The topological polar surface area (TPSA) is 37.3 Å². The third-order valence-electron chi connectivity index (χ3n) is 4.03. The molecule has 2 bridgehead atoms. The minimum absolute atomic E-state index is 0.0103. The zero-order valence-corrected chi connectivity index (χ0v) is 10.6. The maximum absolute atomic E-state index is 13.8. The van der Waals surface area contributed by atoms with Crippen LogP contribution in [0.5, 0.6) is 0 Å². The number of halogens is 2. The van der Waals surface area contributed by atoms with Crippen molar-refractivity contribution in [3.05, 3.63) is 35.4 Å². The molecule has 2 aliphatic rings. The van der Waals surface area contributed by atoms with Crippen molar-refractivity contribution in [3.63, 3.8) is 0 Å². The summed E-state index contributed by atoms with van der Waals surface area (Å²) >= 11 is 0. The van der Waals surface area contributed by atoms with Crippen molar-refractivity contribution in [1.82, 2.24) is 0 Å². The Morgan fingerprint density at radius 2 is 1.83 bits per heavy atom. The van der Waals surface area contributed by atoms with Crippen LogP contribution in [0.25, 0.3) is 0 Å². The molecule has 0 amide bonds. The number of hydrogen-bond donors (Lipinski definition) is 1. The lowest BCUT2D eigenvalue weighted by Gasteiger charge is -2.36. The summed E-state index contributed by atoms with van der Waals surface area (Å²) in [6.45, 7) is 0. The summed E-state index contributed by atoms with van der Waals surface area (Å²) in [4.78, 5) is 0. The van der Waals surface area contributed by atoms with Crippen LogP contribution >= 0.6 is 0 Å². The van der Waals surface area contributed by atoms with Gasteiger partial charge in [-0.2, -0.15) is 0 Å². The van der Waals surface area contributed by atoms with Gasteiger partial charge in [-0.25, -0.2) is 8.78 Å². The van der Waals surface area contributed by atoms with E-state index in [4.69, 9.17) is 0 Å². The second-order valence-corrected chi connectivity index (χ2v) is 7.20. The van der Waals surface area contributed by atoms with E-state index < -0.39 is 28.0 Å². The lowest BCUT2D eigenvalue weighted by atomic mass is 9.85. The first-order valence-corrected chi connectivity index (χ1v) is 7.34. The maximum Gasteiger partial charge on any atom is 0.129 e. The third-order valence-corrected chi connectivity index (χ3v) is 6.15. The average Bonchev–Trinajstić information content (AvgIpc) is 2.56. The number of hydrogen-bond acceptors (Lipinski definition) is 2. The quantitative estimate of drug-likeness (QED) is 0.851. The van der Waals surface area contributed by atoms with Gasteiger partial charge in [-0.1, -0.05) is 0 Å². The summed E-state index contributed by atoms with van der Waals surface area (Å²) in [6.07, 6.45) is 2.13. The van der Waals surface area contributed by atoms with Crippen LogP contribution in [0.1, 0.15) is 31.2 Å². The van der Waals surface area contributed by atoms with Crippen molar-refractivity contribution in [2.45, 2.75) is 41.8 Å². The molecular formula is C13H14F2O2S. The highest BCUT2D eigenvalue weighted by atomic mass is 32.2. The van der Waals surface area contributed by atoms with E-state index in [2.05, 4.69) is 0 Å². The summed E-state index contributed by atoms with van der Waals surface area (Å²) in [5.41, 5.74) is -1.36. The van der Waals surface area contributed by atoms with Crippen molar-refractivity contribution in [1.29, 1.82) is 0 Å². The Bertz CT molecular complexity index is 502. The average molecular weight is 272 g/mol. The van der Waals surface area contributed by atoms with E-state index in [1.165, 1.54) is 0 Å². The Balaban J connectivity index is 2.01. The second-order valence-electron chi connectivity index (χ2n) is 5.21. The van der Waals surface area contributed by atoms with Gasteiger partial charge < -0.3 is 5.11 Å². The van der Waals surface area contributed by atoms with E-state index in [0.717, 1.165) is 31.0 Å². The standard InChI is InChI=1S/C13H14F2O2S/c14-8-1-4-12(15)11(5-8)13(16)6-9-2-3-10(7-13)18(9)17/h1,4-5,9-10,16H,2-3,6-7H2. The van der Waals surface area contributed by atoms with Crippen LogP contribution in [0.4, 0.5) is 8.78 Å². The lowest BCUT2D eigenvalue weighted by molar-refractivity contribution is 0.0148. The molecule has 2 saturated heterocycles. The zero-order chi connectivity index (χ0) is 12.9. The highest BCUT2D eigenvalue weighted by Gasteiger charge is 2.49. The molecule has 18 heavy (non-hydrogen) atoms. The predicted octanol–water partition coefficient (Wildman–Crippen LogP) is 2.23. The van der Waals surface area contributed by atoms with Gasteiger partial charge in [0, 0.05) is 26.9 Å². The van der Waals surface area contributed by atoms with E-state index in [1.807, 2.05) is 0 Å². The summed E-state index contributed by atoms with van der Waals surface area (Å²) in [6, 6.07) is 3.14. The van der Waals surface area contributed by atoms with Gasteiger partial charge in [0.05, 0.1) is 5.60 Å². The summed E-state index contributed by atoms with van der Waals surface area (Å²) in [7, 11) is -0.927. The van der Waals surface area contributed by atoms with Crippen molar-refractivity contribution >= 4 is 10.8 Å². The largest absolute Gasteiger partial charge is 0.385 e. The zero-order valence-electron chi connectivity index (χ0n) is 9.73. The Hall–Kier alpha value is -0.810. The smallest absolute Gasteiger partial charge is 0.129 e. The molecule has 2 heterocycles. The maximum atomic E-state index is 13.8. The minimum Gasteiger partial charge on any atom is -0.385 e. The monoisotopic (exact) mass is 272 g/mol. The van der Waals surface area contributed by atoms with Gasteiger partial charge in [-0.15, -0.1) is 0 Å². The third kappa shape index (κ3) is 1.80. The first-order valence-electron chi connectivity index (χ1n) is 6.07. The van der Waals surface area contributed by atoms with E-state index in [0.29, 0.717) is 0 Å². The molecule has 1 aromatic carbocycles. The normalized spacial score (nSPS) is 38.9. The predicted molar refractivity (Wildman–Crippen MR) is 64.4 cm³/mol. The van der Waals surface area contributed by atoms with Crippen LogP contribution in [0, 0.1) is 11.6 Å². The summed E-state index contributed by atoms with van der Waals surface area (Å²) in [5, 5.41) is 10.4. The first kappa shape index (κ1) is 12.2. The van der Waals surface area contributed by atoms with Crippen LogP contribution < -0.4 is 0 Å². The molecule has 0 aliphatic carbocycles. The Labute approximate surface area is 106 Å². The Morgan fingerprint density at radius 1 is 1.22 bits per heavy atom. The molecule has 0 saturated carbocycles. The van der Waals surface area contributed by atoms with Crippen LogP contribution in [0.2, 0.25) is 0 Å². The Kier molecular flexibility index (Phi) is 2.79. The molecule has 0 radical (unpaired) electrons. The van der Waals surface area contributed by atoms with E-state index in [-0.39, 0.29) is 28.9 Å². The van der Waals surface area contributed by atoms with Crippen molar-refractivity contribution in [3.8, 4) is 0 Å².